The highest BCUT2D eigenvalue weighted by Crippen LogP contribution is 2.16. The Balaban J connectivity index is 0.00000261. The van der Waals surface area contributed by atoms with Gasteiger partial charge in [-0.1, -0.05) is 18.2 Å². The molecule has 148 valence electrons. The van der Waals surface area contributed by atoms with Gasteiger partial charge < -0.3 is 24.6 Å². The molecular formula is C19H30IN7. The summed E-state index contributed by atoms with van der Waals surface area (Å²) in [4.78, 5) is 15.7. The lowest BCUT2D eigenvalue weighted by molar-refractivity contribution is 0.372. The first-order valence-corrected chi connectivity index (χ1v) is 9.03. The van der Waals surface area contributed by atoms with Crippen molar-refractivity contribution in [3.05, 3.63) is 42.2 Å². The zero-order valence-electron chi connectivity index (χ0n) is 16.6. The first-order chi connectivity index (χ1) is 12.6. The van der Waals surface area contributed by atoms with E-state index in [4.69, 9.17) is 0 Å². The Kier molecular flexibility index (Phi) is 7.76. The van der Waals surface area contributed by atoms with Gasteiger partial charge in [-0.3, -0.25) is 4.99 Å². The number of piperazine rings is 1. The molecule has 1 saturated heterocycles. The molecule has 0 radical (unpaired) electrons. The molecule has 0 aliphatic carbocycles. The van der Waals surface area contributed by atoms with Crippen LogP contribution in [0.15, 0.2) is 41.5 Å². The molecule has 7 nitrogen and oxygen atoms in total. The fraction of sp³-hybridized carbons (Fsp3) is 0.474. The Morgan fingerprint density at radius 2 is 1.81 bits per heavy atom. The van der Waals surface area contributed by atoms with Crippen LogP contribution in [-0.4, -0.2) is 67.7 Å². The maximum Gasteiger partial charge on any atom is 0.204 e. The van der Waals surface area contributed by atoms with E-state index in [-0.39, 0.29) is 24.0 Å². The summed E-state index contributed by atoms with van der Waals surface area (Å²) in [6.45, 7) is 4.64. The zero-order chi connectivity index (χ0) is 18.5. The molecule has 8 heteroatoms. The van der Waals surface area contributed by atoms with E-state index >= 15 is 0 Å². The molecule has 1 aromatic carbocycles. The second-order valence-electron chi connectivity index (χ2n) is 6.71. The van der Waals surface area contributed by atoms with Crippen LogP contribution in [0.1, 0.15) is 5.69 Å². The van der Waals surface area contributed by atoms with Crippen LogP contribution in [0.25, 0.3) is 0 Å². The summed E-state index contributed by atoms with van der Waals surface area (Å²) >= 11 is 0. The monoisotopic (exact) mass is 483 g/mol. The van der Waals surface area contributed by atoms with Gasteiger partial charge >= 0.3 is 0 Å². The molecule has 2 heterocycles. The molecule has 1 N–H and O–H groups in total. The molecule has 0 saturated carbocycles. The van der Waals surface area contributed by atoms with Crippen LogP contribution in [-0.2, 0) is 13.6 Å². The second-order valence-corrected chi connectivity index (χ2v) is 6.71. The number of aromatic nitrogens is 2. The SMILES string of the molecule is CN=C(NCc1cnc(N(C)C)n1C)N1CCN(c2ccccc2)CC1.I. The Bertz CT molecular complexity index is 734. The Morgan fingerprint density at radius 1 is 1.15 bits per heavy atom. The normalized spacial score (nSPS) is 14.7. The lowest BCUT2D eigenvalue weighted by Gasteiger charge is -2.37. The zero-order valence-corrected chi connectivity index (χ0v) is 18.9. The summed E-state index contributed by atoms with van der Waals surface area (Å²) in [6.07, 6.45) is 1.92. The molecule has 2 aromatic rings. The van der Waals surface area contributed by atoms with E-state index in [0.29, 0.717) is 6.54 Å². The number of nitrogens with one attached hydrogen (secondary N) is 1. The fourth-order valence-corrected chi connectivity index (χ4v) is 3.33. The van der Waals surface area contributed by atoms with Crippen LogP contribution in [0.5, 0.6) is 0 Å². The van der Waals surface area contributed by atoms with E-state index in [1.165, 1.54) is 5.69 Å². The van der Waals surface area contributed by atoms with Gasteiger partial charge in [-0.2, -0.15) is 0 Å². The third-order valence-corrected chi connectivity index (χ3v) is 4.80. The fourth-order valence-electron chi connectivity index (χ4n) is 3.33. The predicted octanol–water partition coefficient (Wildman–Crippen LogP) is 2.00. The van der Waals surface area contributed by atoms with E-state index < -0.39 is 0 Å². The molecule has 0 unspecified atom stereocenters. The number of benzene rings is 1. The summed E-state index contributed by atoms with van der Waals surface area (Å²) in [7, 11) is 7.90. The molecular weight excluding hydrogens is 453 g/mol. The first-order valence-electron chi connectivity index (χ1n) is 9.03. The number of hydrogen-bond donors (Lipinski definition) is 1. The van der Waals surface area contributed by atoms with Crippen LogP contribution in [0, 0.1) is 0 Å². The van der Waals surface area contributed by atoms with Crippen molar-refractivity contribution in [1.82, 2.24) is 19.8 Å². The number of halogens is 1. The van der Waals surface area contributed by atoms with E-state index in [1.807, 2.05) is 39.3 Å². The van der Waals surface area contributed by atoms with Crippen molar-refractivity contribution in [3.63, 3.8) is 0 Å². The van der Waals surface area contributed by atoms with Gasteiger partial charge in [0, 0.05) is 60.1 Å². The maximum atomic E-state index is 4.47. The van der Waals surface area contributed by atoms with Gasteiger partial charge in [0.15, 0.2) is 5.96 Å². The molecule has 0 bridgehead atoms. The average Bonchev–Trinajstić information content (AvgIpc) is 3.04. The molecule has 27 heavy (non-hydrogen) atoms. The highest BCUT2D eigenvalue weighted by atomic mass is 127. The smallest absolute Gasteiger partial charge is 0.204 e. The number of imidazole rings is 1. The van der Waals surface area contributed by atoms with Crippen LogP contribution < -0.4 is 15.1 Å². The number of aliphatic imine (C=N–C) groups is 1. The quantitative estimate of drug-likeness (QED) is 0.410. The summed E-state index contributed by atoms with van der Waals surface area (Å²) in [5, 5.41) is 3.48. The molecule has 1 aromatic heterocycles. The lowest BCUT2D eigenvalue weighted by atomic mass is 10.2. The third kappa shape index (κ3) is 5.06. The highest BCUT2D eigenvalue weighted by Gasteiger charge is 2.20. The van der Waals surface area contributed by atoms with Crippen LogP contribution in [0.3, 0.4) is 0 Å². The average molecular weight is 483 g/mol. The number of anilines is 2. The summed E-state index contributed by atoms with van der Waals surface area (Å²) in [6, 6.07) is 10.6. The maximum absolute atomic E-state index is 4.47. The molecule has 1 fully saturated rings. The van der Waals surface area contributed by atoms with E-state index in [1.54, 1.807) is 0 Å². The minimum atomic E-state index is 0. The Morgan fingerprint density at radius 3 is 2.37 bits per heavy atom. The van der Waals surface area contributed by atoms with Crippen LogP contribution in [0.4, 0.5) is 11.6 Å². The van der Waals surface area contributed by atoms with Crippen molar-refractivity contribution in [1.29, 1.82) is 0 Å². The largest absolute Gasteiger partial charge is 0.368 e. The first kappa shape index (κ1) is 21.3. The summed E-state index contributed by atoms with van der Waals surface area (Å²) < 4.78 is 2.10. The standard InChI is InChI=1S/C19H29N7.HI/c1-20-18(21-14-17-15-22-19(23(2)3)24(17)4)26-12-10-25(11-13-26)16-8-6-5-7-9-16;/h5-9,15H,10-14H2,1-4H3,(H,20,21);1H. The van der Waals surface area contributed by atoms with E-state index in [0.717, 1.165) is 43.8 Å². The predicted molar refractivity (Wildman–Crippen MR) is 123 cm³/mol. The van der Waals surface area contributed by atoms with Crippen molar-refractivity contribution < 1.29 is 0 Å². The highest BCUT2D eigenvalue weighted by molar-refractivity contribution is 14.0. The summed E-state index contributed by atoms with van der Waals surface area (Å²) in [5.41, 5.74) is 2.43. The van der Waals surface area contributed by atoms with Crippen molar-refractivity contribution in [2.24, 2.45) is 12.0 Å². The molecule has 1 aliphatic rings. The van der Waals surface area contributed by atoms with Crippen molar-refractivity contribution in [3.8, 4) is 0 Å². The molecule has 0 atom stereocenters. The van der Waals surface area contributed by atoms with E-state index in [9.17, 15) is 0 Å². The minimum absolute atomic E-state index is 0. The summed E-state index contributed by atoms with van der Waals surface area (Å²) in [5.74, 6) is 1.90. The van der Waals surface area contributed by atoms with Crippen molar-refractivity contribution in [2.45, 2.75) is 6.54 Å². The van der Waals surface area contributed by atoms with Gasteiger partial charge in [-0.05, 0) is 12.1 Å². The molecule has 3 rings (SSSR count). The number of nitrogens with zero attached hydrogens (tertiary/aromatic N) is 6. The van der Waals surface area contributed by atoms with Gasteiger partial charge in [0.2, 0.25) is 5.95 Å². The van der Waals surface area contributed by atoms with Gasteiger partial charge in [-0.15, -0.1) is 24.0 Å². The van der Waals surface area contributed by atoms with E-state index in [2.05, 4.69) is 60.0 Å². The van der Waals surface area contributed by atoms with Gasteiger partial charge in [-0.25, -0.2) is 4.98 Å². The third-order valence-electron chi connectivity index (χ3n) is 4.80. The Hall–Kier alpha value is -1.97. The van der Waals surface area contributed by atoms with Crippen molar-refractivity contribution in [2.75, 3.05) is 57.1 Å². The molecule has 0 amide bonds. The van der Waals surface area contributed by atoms with Crippen molar-refractivity contribution >= 4 is 41.6 Å². The molecule has 0 spiro atoms. The Labute approximate surface area is 179 Å². The number of para-hydroxylation sites is 1. The second kappa shape index (κ2) is 9.82. The number of rotatable bonds is 4. The van der Waals surface area contributed by atoms with Gasteiger partial charge in [0.25, 0.3) is 0 Å². The topological polar surface area (TPSA) is 51.9 Å². The van der Waals surface area contributed by atoms with Gasteiger partial charge in [0.05, 0.1) is 18.4 Å². The van der Waals surface area contributed by atoms with Crippen LogP contribution >= 0.6 is 24.0 Å². The van der Waals surface area contributed by atoms with Crippen LogP contribution in [0.2, 0.25) is 0 Å². The number of hydrogen-bond acceptors (Lipinski definition) is 4. The molecule has 1 aliphatic heterocycles. The lowest BCUT2D eigenvalue weighted by Crippen LogP contribution is -2.52. The minimum Gasteiger partial charge on any atom is -0.368 e. The number of guanidine groups is 1. The van der Waals surface area contributed by atoms with Gasteiger partial charge in [0.1, 0.15) is 0 Å².